The van der Waals surface area contributed by atoms with Crippen molar-refractivity contribution >= 4 is 17.7 Å². The number of amides is 1. The molecule has 1 aliphatic rings. The van der Waals surface area contributed by atoms with Gasteiger partial charge in [0.2, 0.25) is 0 Å². The number of nitrogens with one attached hydrogen (secondary N) is 1. The second-order valence-electron chi connectivity index (χ2n) is 5.00. The Hall–Kier alpha value is -2.83. The van der Waals surface area contributed by atoms with Crippen LogP contribution in [0.3, 0.4) is 0 Å². The Balaban J connectivity index is 1.77. The number of fused-ring (bicyclic) bond motifs is 1. The van der Waals surface area contributed by atoms with Crippen LogP contribution in [-0.4, -0.2) is 33.9 Å². The third kappa shape index (κ3) is 2.65. The van der Waals surface area contributed by atoms with E-state index in [1.54, 1.807) is 0 Å². The first-order valence-electron chi connectivity index (χ1n) is 6.95. The van der Waals surface area contributed by atoms with Gasteiger partial charge < -0.3 is 9.84 Å². The van der Waals surface area contributed by atoms with Gasteiger partial charge in [-0.3, -0.25) is 10.00 Å². The Morgan fingerprint density at radius 1 is 1.32 bits per heavy atom. The van der Waals surface area contributed by atoms with E-state index in [0.29, 0.717) is 24.3 Å². The average molecular weight is 301 g/mol. The minimum atomic E-state index is -1.17. The first-order valence-corrected chi connectivity index (χ1v) is 6.95. The van der Waals surface area contributed by atoms with Crippen LogP contribution in [0.5, 0.6) is 0 Å². The molecule has 0 bridgehead atoms. The lowest BCUT2D eigenvalue weighted by Gasteiger charge is -2.26. The van der Waals surface area contributed by atoms with Crippen molar-refractivity contribution in [2.45, 2.75) is 19.4 Å². The zero-order chi connectivity index (χ0) is 15.5. The molecule has 0 unspecified atom stereocenters. The molecule has 7 nitrogen and oxygen atoms in total. The van der Waals surface area contributed by atoms with E-state index >= 15 is 0 Å². The number of aromatic amines is 1. The van der Waals surface area contributed by atoms with E-state index in [2.05, 4.69) is 10.2 Å². The smallest absolute Gasteiger partial charge is 0.414 e. The molecule has 0 fully saturated rings. The van der Waals surface area contributed by atoms with Crippen LogP contribution in [-0.2, 0) is 17.8 Å². The van der Waals surface area contributed by atoms with Crippen LogP contribution in [0.4, 0.5) is 10.5 Å². The Morgan fingerprint density at radius 3 is 2.82 bits per heavy atom. The zero-order valence-electron chi connectivity index (χ0n) is 11.8. The van der Waals surface area contributed by atoms with Crippen molar-refractivity contribution in [2.24, 2.45) is 0 Å². The van der Waals surface area contributed by atoms with Crippen LogP contribution < -0.4 is 4.90 Å². The number of anilines is 1. The van der Waals surface area contributed by atoms with Gasteiger partial charge in [0.05, 0.1) is 5.69 Å². The van der Waals surface area contributed by atoms with Crippen LogP contribution >= 0.6 is 0 Å². The lowest BCUT2D eigenvalue weighted by molar-refractivity contribution is 0.0691. The number of aromatic nitrogens is 2. The molecule has 0 spiro atoms. The number of hydrogen-bond acceptors (Lipinski definition) is 4. The first-order chi connectivity index (χ1) is 10.7. The maximum Gasteiger partial charge on any atom is 0.414 e. The molecule has 0 saturated heterocycles. The second-order valence-corrected chi connectivity index (χ2v) is 5.00. The number of nitrogens with zero attached hydrogens (tertiary/aromatic N) is 2. The summed E-state index contributed by atoms with van der Waals surface area (Å²) in [5.41, 5.74) is 1.70. The van der Waals surface area contributed by atoms with Gasteiger partial charge in [-0.15, -0.1) is 0 Å². The number of carboxylic acid groups (broad SMARTS) is 1. The van der Waals surface area contributed by atoms with E-state index in [1.807, 2.05) is 30.3 Å². The van der Waals surface area contributed by atoms with Crippen molar-refractivity contribution in [1.29, 1.82) is 0 Å². The summed E-state index contributed by atoms with van der Waals surface area (Å²) in [4.78, 5) is 24.8. The molecule has 1 aromatic carbocycles. The summed E-state index contributed by atoms with van der Waals surface area (Å²) in [6.07, 6.45) is 0.834. The molecule has 2 aromatic rings. The topological polar surface area (TPSA) is 95.5 Å². The van der Waals surface area contributed by atoms with Crippen molar-refractivity contribution in [2.75, 3.05) is 11.4 Å². The van der Waals surface area contributed by atoms with Crippen molar-refractivity contribution in [3.8, 4) is 0 Å². The number of carbonyl (C=O) groups is 2. The van der Waals surface area contributed by atoms with E-state index in [4.69, 9.17) is 4.74 Å². The third-order valence-corrected chi connectivity index (χ3v) is 3.52. The predicted molar refractivity (Wildman–Crippen MR) is 77.8 cm³/mol. The number of carboxylic acids is 1. The lowest BCUT2D eigenvalue weighted by Crippen LogP contribution is -2.36. The SMILES string of the molecule is O=C(O)c1n[nH]c2c1N(C(=O)OCc1ccccc1)CCC2. The van der Waals surface area contributed by atoms with E-state index in [-0.39, 0.29) is 12.3 Å². The van der Waals surface area contributed by atoms with E-state index in [0.717, 1.165) is 12.0 Å². The maximum absolute atomic E-state index is 12.3. The number of H-pyrrole nitrogens is 1. The molecular formula is C15H15N3O4. The molecule has 22 heavy (non-hydrogen) atoms. The van der Waals surface area contributed by atoms with Crippen molar-refractivity contribution in [1.82, 2.24) is 10.2 Å². The summed E-state index contributed by atoms with van der Waals surface area (Å²) in [7, 11) is 0. The summed E-state index contributed by atoms with van der Waals surface area (Å²) in [6.45, 7) is 0.562. The van der Waals surface area contributed by atoms with Gasteiger partial charge >= 0.3 is 12.1 Å². The molecule has 0 saturated carbocycles. The highest BCUT2D eigenvalue weighted by molar-refractivity contribution is 5.99. The fraction of sp³-hybridized carbons (Fsp3) is 0.267. The number of carbonyl (C=O) groups excluding carboxylic acids is 1. The zero-order valence-corrected chi connectivity index (χ0v) is 11.8. The Kier molecular flexibility index (Phi) is 3.78. The fourth-order valence-corrected chi connectivity index (χ4v) is 2.49. The number of benzene rings is 1. The minimum absolute atomic E-state index is 0.145. The number of hydrogen-bond donors (Lipinski definition) is 2. The normalized spacial score (nSPS) is 13.5. The van der Waals surface area contributed by atoms with Crippen LogP contribution in [0, 0.1) is 0 Å². The van der Waals surface area contributed by atoms with E-state index in [9.17, 15) is 14.7 Å². The van der Waals surface area contributed by atoms with Gasteiger partial charge in [0.25, 0.3) is 0 Å². The second kappa shape index (κ2) is 5.88. The Bertz CT molecular complexity index is 696. The molecule has 7 heteroatoms. The standard InChI is InChI=1S/C15H15N3O4/c19-14(20)12-13-11(16-17-12)7-4-8-18(13)15(21)22-9-10-5-2-1-3-6-10/h1-3,5-6H,4,7-9H2,(H,16,17)(H,19,20). The van der Waals surface area contributed by atoms with Gasteiger partial charge in [-0.05, 0) is 18.4 Å². The molecule has 3 rings (SSSR count). The van der Waals surface area contributed by atoms with E-state index < -0.39 is 12.1 Å². The quantitative estimate of drug-likeness (QED) is 0.906. The third-order valence-electron chi connectivity index (χ3n) is 3.52. The van der Waals surface area contributed by atoms with Crippen LogP contribution in [0.2, 0.25) is 0 Å². The number of aromatic carboxylic acids is 1. The molecule has 1 amide bonds. The fourth-order valence-electron chi connectivity index (χ4n) is 2.49. The van der Waals surface area contributed by atoms with Crippen LogP contribution in [0.1, 0.15) is 28.2 Å². The summed E-state index contributed by atoms with van der Waals surface area (Å²) in [6, 6.07) is 9.32. The molecule has 1 aromatic heterocycles. The predicted octanol–water partition coefficient (Wildman–Crippen LogP) is 2.20. The van der Waals surface area contributed by atoms with Crippen molar-refractivity contribution in [3.63, 3.8) is 0 Å². The summed E-state index contributed by atoms with van der Waals surface area (Å²) < 4.78 is 5.28. The molecule has 0 atom stereocenters. The monoisotopic (exact) mass is 301 g/mol. The molecule has 0 aliphatic carbocycles. The largest absolute Gasteiger partial charge is 0.476 e. The van der Waals surface area contributed by atoms with Gasteiger partial charge in [-0.2, -0.15) is 5.10 Å². The van der Waals surface area contributed by atoms with Gasteiger partial charge in [0.1, 0.15) is 12.3 Å². The number of aryl methyl sites for hydroxylation is 1. The first kappa shape index (κ1) is 14.1. The van der Waals surface area contributed by atoms with Crippen LogP contribution in [0.15, 0.2) is 30.3 Å². The molecule has 114 valence electrons. The lowest BCUT2D eigenvalue weighted by atomic mass is 10.1. The van der Waals surface area contributed by atoms with Gasteiger partial charge in [0, 0.05) is 6.54 Å². The molecule has 2 N–H and O–H groups in total. The average Bonchev–Trinajstić information content (AvgIpc) is 2.98. The number of ether oxygens (including phenoxy) is 1. The highest BCUT2D eigenvalue weighted by atomic mass is 16.6. The maximum atomic E-state index is 12.3. The van der Waals surface area contributed by atoms with Gasteiger partial charge in [0.15, 0.2) is 5.69 Å². The molecule has 2 heterocycles. The van der Waals surface area contributed by atoms with Gasteiger partial charge in [-0.25, -0.2) is 9.59 Å². The van der Waals surface area contributed by atoms with Crippen LogP contribution in [0.25, 0.3) is 0 Å². The van der Waals surface area contributed by atoms with Crippen molar-refractivity contribution in [3.05, 3.63) is 47.3 Å². The van der Waals surface area contributed by atoms with E-state index in [1.165, 1.54) is 4.90 Å². The Labute approximate surface area is 126 Å². The number of rotatable bonds is 3. The summed E-state index contributed by atoms with van der Waals surface area (Å²) >= 11 is 0. The summed E-state index contributed by atoms with van der Waals surface area (Å²) in [5.74, 6) is -1.17. The highest BCUT2D eigenvalue weighted by Crippen LogP contribution is 2.29. The molecule has 1 aliphatic heterocycles. The van der Waals surface area contributed by atoms with Gasteiger partial charge in [-0.1, -0.05) is 30.3 Å². The molecule has 0 radical (unpaired) electrons. The Morgan fingerprint density at radius 2 is 2.09 bits per heavy atom. The highest BCUT2D eigenvalue weighted by Gasteiger charge is 2.31. The minimum Gasteiger partial charge on any atom is -0.476 e. The summed E-state index contributed by atoms with van der Waals surface area (Å²) in [5, 5.41) is 15.6. The van der Waals surface area contributed by atoms with Crippen molar-refractivity contribution < 1.29 is 19.4 Å². The molecular weight excluding hydrogens is 286 g/mol.